The fourth-order valence-corrected chi connectivity index (χ4v) is 5.07. The minimum Gasteiger partial charge on any atom is -0.481 e. The Hall–Kier alpha value is -2.19. The Kier molecular flexibility index (Phi) is 4.90. The van der Waals surface area contributed by atoms with Crippen LogP contribution in [0.25, 0.3) is 0 Å². The number of piperidine rings is 1. The average molecular weight is 393 g/mol. The Balaban J connectivity index is 1.78. The quantitative estimate of drug-likeness (QED) is 0.861. The number of carboxylic acids is 1. The molecule has 0 bridgehead atoms. The van der Waals surface area contributed by atoms with Gasteiger partial charge in [0.25, 0.3) is 5.91 Å². The van der Waals surface area contributed by atoms with Gasteiger partial charge < -0.3 is 10.0 Å². The van der Waals surface area contributed by atoms with Crippen LogP contribution in [0.2, 0.25) is 0 Å². The van der Waals surface area contributed by atoms with Gasteiger partial charge in [-0.3, -0.25) is 9.59 Å². The third-order valence-electron chi connectivity index (χ3n) is 4.83. The van der Waals surface area contributed by atoms with E-state index in [1.54, 1.807) is 4.90 Å². The van der Waals surface area contributed by atoms with Gasteiger partial charge >= 0.3 is 5.97 Å². The van der Waals surface area contributed by atoms with Crippen molar-refractivity contribution in [3.63, 3.8) is 0 Å². The van der Waals surface area contributed by atoms with Crippen LogP contribution in [0.1, 0.15) is 28.8 Å². The Morgan fingerprint density at radius 3 is 2.27 bits per heavy atom. The lowest BCUT2D eigenvalue weighted by Gasteiger charge is -2.39. The maximum atomic E-state index is 12.6. The fraction of sp³-hybridized carbons (Fsp3) is 0.333. The molecule has 0 spiro atoms. The predicted molar refractivity (Wildman–Crippen MR) is 98.3 cm³/mol. The van der Waals surface area contributed by atoms with Crippen molar-refractivity contribution in [3.05, 3.63) is 52.9 Å². The highest BCUT2D eigenvalue weighted by molar-refractivity contribution is 7.92. The van der Waals surface area contributed by atoms with Crippen molar-refractivity contribution in [3.8, 4) is 0 Å². The number of carbonyl (C=O) groups is 2. The topological polar surface area (TPSA) is 91.8 Å². The summed E-state index contributed by atoms with van der Waals surface area (Å²) in [5, 5.41) is 11.3. The first-order valence-electron chi connectivity index (χ1n) is 8.11. The average Bonchev–Trinajstić information content (AvgIpc) is 3.12. The summed E-state index contributed by atoms with van der Waals surface area (Å²) in [6, 6.07) is 10.5. The van der Waals surface area contributed by atoms with E-state index < -0.39 is 21.2 Å². The lowest BCUT2D eigenvalue weighted by Crippen LogP contribution is -2.49. The van der Waals surface area contributed by atoms with Crippen molar-refractivity contribution in [1.29, 1.82) is 0 Å². The number of aliphatic carboxylic acids is 1. The second-order valence-corrected chi connectivity index (χ2v) is 9.63. The van der Waals surface area contributed by atoms with E-state index in [0.29, 0.717) is 31.5 Å². The van der Waals surface area contributed by atoms with Gasteiger partial charge in [-0.25, -0.2) is 8.42 Å². The van der Waals surface area contributed by atoms with Crippen LogP contribution in [0.5, 0.6) is 0 Å². The summed E-state index contributed by atoms with van der Waals surface area (Å²) in [4.78, 5) is 26.2. The van der Waals surface area contributed by atoms with E-state index in [2.05, 4.69) is 0 Å². The van der Waals surface area contributed by atoms with E-state index in [-0.39, 0.29) is 10.1 Å². The first-order chi connectivity index (χ1) is 12.2. The third-order valence-corrected chi connectivity index (χ3v) is 7.60. The second kappa shape index (κ2) is 6.85. The van der Waals surface area contributed by atoms with Gasteiger partial charge in [0.15, 0.2) is 9.84 Å². The molecule has 0 saturated carbocycles. The molecule has 6 nitrogen and oxygen atoms in total. The van der Waals surface area contributed by atoms with Gasteiger partial charge in [-0.2, -0.15) is 0 Å². The fourth-order valence-electron chi connectivity index (χ4n) is 3.28. The first-order valence-corrected chi connectivity index (χ1v) is 10.9. The highest BCUT2D eigenvalue weighted by Crippen LogP contribution is 2.36. The Morgan fingerprint density at radius 1 is 1.15 bits per heavy atom. The number of amides is 1. The molecular formula is C18H19NO5S2. The number of sulfone groups is 1. The molecule has 0 atom stereocenters. The smallest absolute Gasteiger partial charge is 0.314 e. The van der Waals surface area contributed by atoms with Crippen LogP contribution in [0.15, 0.2) is 46.0 Å². The molecule has 0 unspecified atom stereocenters. The number of hydrogen-bond donors (Lipinski definition) is 1. The van der Waals surface area contributed by atoms with Crippen molar-refractivity contribution in [2.75, 3.05) is 19.3 Å². The van der Waals surface area contributed by atoms with Crippen LogP contribution >= 0.6 is 11.3 Å². The molecule has 8 heteroatoms. The van der Waals surface area contributed by atoms with Crippen molar-refractivity contribution < 1.29 is 23.1 Å². The number of rotatable bonds is 4. The molecule has 2 aromatic rings. The van der Waals surface area contributed by atoms with Crippen LogP contribution in [0.4, 0.5) is 0 Å². The molecular weight excluding hydrogens is 374 g/mol. The molecule has 0 radical (unpaired) electrons. The van der Waals surface area contributed by atoms with Gasteiger partial charge in [0.2, 0.25) is 0 Å². The van der Waals surface area contributed by atoms with Crippen LogP contribution in [-0.4, -0.2) is 49.6 Å². The van der Waals surface area contributed by atoms with Crippen LogP contribution < -0.4 is 0 Å². The van der Waals surface area contributed by atoms with Gasteiger partial charge in [-0.15, -0.1) is 11.3 Å². The zero-order valence-electron chi connectivity index (χ0n) is 14.2. The van der Waals surface area contributed by atoms with Crippen molar-refractivity contribution in [1.82, 2.24) is 4.90 Å². The van der Waals surface area contributed by atoms with Gasteiger partial charge in [0.05, 0.1) is 11.0 Å². The Bertz CT molecular complexity index is 926. The second-order valence-electron chi connectivity index (χ2n) is 6.47. The Morgan fingerprint density at radius 2 is 1.77 bits per heavy atom. The van der Waals surface area contributed by atoms with E-state index in [1.165, 1.54) is 11.4 Å². The first kappa shape index (κ1) is 18.6. The van der Waals surface area contributed by atoms with Gasteiger partial charge in [-0.05, 0) is 24.5 Å². The Labute approximate surface area is 156 Å². The van der Waals surface area contributed by atoms with E-state index >= 15 is 0 Å². The number of likely N-dealkylation sites (tertiary alicyclic amines) is 1. The zero-order chi connectivity index (χ0) is 18.9. The van der Waals surface area contributed by atoms with Crippen molar-refractivity contribution in [2.24, 2.45) is 0 Å². The zero-order valence-corrected chi connectivity index (χ0v) is 15.8. The van der Waals surface area contributed by atoms with Crippen LogP contribution in [0.3, 0.4) is 0 Å². The lowest BCUT2D eigenvalue weighted by atomic mass is 9.73. The third kappa shape index (κ3) is 3.39. The summed E-state index contributed by atoms with van der Waals surface area (Å²) in [5.74, 6) is -1.14. The maximum absolute atomic E-state index is 12.6. The highest BCUT2D eigenvalue weighted by Gasteiger charge is 2.44. The van der Waals surface area contributed by atoms with E-state index in [4.69, 9.17) is 0 Å². The SMILES string of the molecule is CS(=O)(=O)c1cc(C(=O)N2CCC(C(=O)O)(c3ccccc3)CC2)cs1. The summed E-state index contributed by atoms with van der Waals surface area (Å²) >= 11 is 1.02. The largest absolute Gasteiger partial charge is 0.481 e. The molecule has 1 fully saturated rings. The lowest BCUT2D eigenvalue weighted by molar-refractivity contribution is -0.145. The number of thiophene rings is 1. The molecule has 1 aromatic carbocycles. The van der Waals surface area contributed by atoms with Gasteiger partial charge in [0.1, 0.15) is 4.21 Å². The van der Waals surface area contributed by atoms with Crippen molar-refractivity contribution in [2.45, 2.75) is 22.5 Å². The molecule has 1 N–H and O–H groups in total. The minimum absolute atomic E-state index is 0.155. The number of hydrogen-bond acceptors (Lipinski definition) is 5. The normalized spacial score (nSPS) is 17.0. The monoisotopic (exact) mass is 393 g/mol. The molecule has 138 valence electrons. The van der Waals surface area contributed by atoms with E-state index in [1.807, 2.05) is 30.3 Å². The van der Waals surface area contributed by atoms with Gasteiger partial charge in [0, 0.05) is 24.7 Å². The summed E-state index contributed by atoms with van der Waals surface area (Å²) in [7, 11) is -3.34. The van der Waals surface area contributed by atoms with E-state index in [9.17, 15) is 23.1 Å². The summed E-state index contributed by atoms with van der Waals surface area (Å²) in [5.41, 5.74) is 0.0809. The highest BCUT2D eigenvalue weighted by atomic mass is 32.2. The molecule has 1 aliphatic heterocycles. The minimum atomic E-state index is -3.34. The summed E-state index contributed by atoms with van der Waals surface area (Å²) in [6.45, 7) is 0.619. The number of carbonyl (C=O) groups excluding carboxylic acids is 1. The molecule has 1 saturated heterocycles. The molecule has 0 aliphatic carbocycles. The number of benzene rings is 1. The molecule has 1 amide bonds. The molecule has 3 rings (SSSR count). The maximum Gasteiger partial charge on any atom is 0.314 e. The molecule has 26 heavy (non-hydrogen) atoms. The standard InChI is InChI=1S/C18H19NO5S2/c1-26(23,24)15-11-13(12-25-15)16(20)19-9-7-18(8-10-19,17(21)22)14-5-3-2-4-6-14/h2-6,11-12H,7-10H2,1H3,(H,21,22). The van der Waals surface area contributed by atoms with Crippen LogP contribution in [0, 0.1) is 0 Å². The number of carboxylic acid groups (broad SMARTS) is 1. The molecule has 1 aromatic heterocycles. The van der Waals surface area contributed by atoms with E-state index in [0.717, 1.165) is 23.2 Å². The summed E-state index contributed by atoms with van der Waals surface area (Å²) < 4.78 is 23.3. The number of nitrogens with zero attached hydrogens (tertiary/aromatic N) is 1. The predicted octanol–water partition coefficient (Wildman–Crippen LogP) is 2.41. The molecule has 2 heterocycles. The molecule has 1 aliphatic rings. The summed E-state index contributed by atoms with van der Waals surface area (Å²) in [6.07, 6.45) is 1.75. The van der Waals surface area contributed by atoms with Gasteiger partial charge in [-0.1, -0.05) is 30.3 Å². The van der Waals surface area contributed by atoms with Crippen LogP contribution in [-0.2, 0) is 20.0 Å². The van der Waals surface area contributed by atoms with Crippen molar-refractivity contribution >= 4 is 33.1 Å².